The number of rotatable bonds is 8. The molecule has 1 rings (SSSR count). The lowest BCUT2D eigenvalue weighted by molar-refractivity contribution is 0.0594. The summed E-state index contributed by atoms with van der Waals surface area (Å²) in [5.74, 6) is -0.341. The molecule has 0 saturated heterocycles. The molecule has 0 saturated carbocycles. The highest BCUT2D eigenvalue weighted by Crippen LogP contribution is 2.03. The van der Waals surface area contributed by atoms with Crippen LogP contribution < -0.4 is 5.32 Å². The molecule has 0 aliphatic heterocycles. The Hall–Kier alpha value is -1.33. The van der Waals surface area contributed by atoms with Crippen LogP contribution in [0.5, 0.6) is 0 Å². The van der Waals surface area contributed by atoms with Gasteiger partial charge in [0.2, 0.25) is 0 Å². The molecule has 0 atom stereocenters. The fraction of sp³-hybridized carbons (Fsp3) is 0.615. The molecule has 18 heavy (non-hydrogen) atoms. The topological polar surface area (TPSA) is 63.4 Å². The van der Waals surface area contributed by atoms with E-state index in [0.29, 0.717) is 12.2 Å². The van der Waals surface area contributed by atoms with Crippen LogP contribution in [0.25, 0.3) is 0 Å². The van der Waals surface area contributed by atoms with Crippen molar-refractivity contribution in [2.24, 2.45) is 0 Å². The first-order valence-electron chi connectivity index (χ1n) is 6.22. The predicted octanol–water partition coefficient (Wildman–Crippen LogP) is 1.71. The van der Waals surface area contributed by atoms with E-state index in [1.165, 1.54) is 7.11 Å². The second-order valence-corrected chi connectivity index (χ2v) is 4.34. The average Bonchev–Trinajstić information content (AvgIpc) is 2.81. The maximum Gasteiger partial charge on any atom is 0.354 e. The van der Waals surface area contributed by atoms with Gasteiger partial charge in [-0.3, -0.25) is 0 Å². The molecule has 0 bridgehead atoms. The molecular formula is C13H22N2O3. The van der Waals surface area contributed by atoms with E-state index in [4.69, 9.17) is 4.74 Å². The summed E-state index contributed by atoms with van der Waals surface area (Å²) in [6, 6.07) is 3.61. The average molecular weight is 254 g/mol. The Morgan fingerprint density at radius 3 is 2.89 bits per heavy atom. The molecule has 5 nitrogen and oxygen atoms in total. The first-order valence-corrected chi connectivity index (χ1v) is 6.22. The fourth-order valence-corrected chi connectivity index (χ4v) is 1.51. The number of aromatic nitrogens is 1. The number of nitrogens with one attached hydrogen (secondary N) is 2. The van der Waals surface area contributed by atoms with Gasteiger partial charge in [-0.05, 0) is 38.9 Å². The Balaban J connectivity index is 2.16. The third-order valence-corrected chi connectivity index (χ3v) is 2.42. The van der Waals surface area contributed by atoms with Gasteiger partial charge >= 0.3 is 5.97 Å². The number of aromatic amines is 1. The highest BCUT2D eigenvalue weighted by molar-refractivity contribution is 5.87. The highest BCUT2D eigenvalue weighted by atomic mass is 16.5. The Morgan fingerprint density at radius 1 is 1.44 bits per heavy atom. The first kappa shape index (κ1) is 14.7. The number of hydrogen-bond donors (Lipinski definition) is 2. The van der Waals surface area contributed by atoms with Gasteiger partial charge in [0.1, 0.15) is 5.69 Å². The van der Waals surface area contributed by atoms with Crippen molar-refractivity contribution in [2.75, 3.05) is 20.3 Å². The maximum absolute atomic E-state index is 11.2. The van der Waals surface area contributed by atoms with Crippen LogP contribution in [0, 0.1) is 0 Å². The van der Waals surface area contributed by atoms with Crippen molar-refractivity contribution in [3.05, 3.63) is 23.5 Å². The van der Waals surface area contributed by atoms with Crippen LogP contribution in [0.4, 0.5) is 0 Å². The lowest BCUT2D eigenvalue weighted by atomic mass is 10.4. The quantitative estimate of drug-likeness (QED) is 0.547. The van der Waals surface area contributed by atoms with Crippen LogP contribution in [0.2, 0.25) is 0 Å². The molecular weight excluding hydrogens is 232 g/mol. The molecule has 2 N–H and O–H groups in total. The smallest absolute Gasteiger partial charge is 0.354 e. The molecule has 102 valence electrons. The standard InChI is InChI=1S/C13H22N2O3/c1-10(2)18-8-4-7-14-9-11-5-6-12(15-11)13(16)17-3/h5-6,10,14-15H,4,7-9H2,1-3H3. The molecule has 0 unspecified atom stereocenters. The highest BCUT2D eigenvalue weighted by Gasteiger charge is 2.07. The zero-order valence-corrected chi connectivity index (χ0v) is 11.3. The zero-order valence-electron chi connectivity index (χ0n) is 11.3. The van der Waals surface area contributed by atoms with Gasteiger partial charge in [-0.15, -0.1) is 0 Å². The van der Waals surface area contributed by atoms with E-state index in [-0.39, 0.29) is 12.1 Å². The Labute approximate surface area is 108 Å². The van der Waals surface area contributed by atoms with Crippen molar-refractivity contribution < 1.29 is 14.3 Å². The van der Waals surface area contributed by atoms with Crippen molar-refractivity contribution in [2.45, 2.75) is 32.9 Å². The fourth-order valence-electron chi connectivity index (χ4n) is 1.51. The minimum absolute atomic E-state index is 0.288. The molecule has 5 heteroatoms. The monoisotopic (exact) mass is 254 g/mol. The van der Waals surface area contributed by atoms with Crippen LogP contribution in [-0.4, -0.2) is 37.3 Å². The van der Waals surface area contributed by atoms with Crippen LogP contribution in [0.1, 0.15) is 36.5 Å². The predicted molar refractivity (Wildman–Crippen MR) is 69.5 cm³/mol. The number of H-pyrrole nitrogens is 1. The summed E-state index contributed by atoms with van der Waals surface area (Å²) in [5, 5.41) is 3.28. The Morgan fingerprint density at radius 2 is 2.22 bits per heavy atom. The second-order valence-electron chi connectivity index (χ2n) is 4.34. The van der Waals surface area contributed by atoms with Gasteiger partial charge in [0.25, 0.3) is 0 Å². The number of methoxy groups -OCH3 is 1. The van der Waals surface area contributed by atoms with Crippen molar-refractivity contribution in [1.82, 2.24) is 10.3 Å². The molecule has 0 spiro atoms. The second kappa shape index (κ2) is 7.89. The lowest BCUT2D eigenvalue weighted by Gasteiger charge is -2.07. The number of ether oxygens (including phenoxy) is 2. The van der Waals surface area contributed by atoms with Gasteiger partial charge in [-0.25, -0.2) is 4.79 Å². The summed E-state index contributed by atoms with van der Waals surface area (Å²) in [4.78, 5) is 14.2. The van der Waals surface area contributed by atoms with Crippen LogP contribution in [0.15, 0.2) is 12.1 Å². The van der Waals surface area contributed by atoms with Crippen LogP contribution in [-0.2, 0) is 16.0 Å². The van der Waals surface area contributed by atoms with E-state index in [1.54, 1.807) is 6.07 Å². The Bertz CT molecular complexity index is 361. The van der Waals surface area contributed by atoms with Crippen LogP contribution >= 0.6 is 0 Å². The molecule has 0 aliphatic carbocycles. The van der Waals surface area contributed by atoms with Gasteiger partial charge < -0.3 is 19.8 Å². The van der Waals surface area contributed by atoms with E-state index >= 15 is 0 Å². The third-order valence-electron chi connectivity index (χ3n) is 2.42. The van der Waals surface area contributed by atoms with Crippen molar-refractivity contribution in [1.29, 1.82) is 0 Å². The number of carbonyl (C=O) groups excluding carboxylic acids is 1. The summed E-state index contributed by atoms with van der Waals surface area (Å²) in [7, 11) is 1.37. The van der Waals surface area contributed by atoms with Crippen molar-refractivity contribution in [3.8, 4) is 0 Å². The largest absolute Gasteiger partial charge is 0.464 e. The Kier molecular flexibility index (Phi) is 6.46. The summed E-state index contributed by atoms with van der Waals surface area (Å²) in [6.07, 6.45) is 1.26. The molecule has 0 aromatic carbocycles. The number of esters is 1. The van der Waals surface area contributed by atoms with Gasteiger partial charge in [-0.1, -0.05) is 0 Å². The SMILES string of the molecule is COC(=O)c1ccc(CNCCCOC(C)C)[nH]1. The number of carbonyl (C=O) groups is 1. The molecule has 0 aliphatic rings. The molecule has 1 aromatic rings. The summed E-state index contributed by atoms with van der Waals surface area (Å²) < 4.78 is 10.1. The molecule has 0 fully saturated rings. The molecule has 1 aromatic heterocycles. The lowest BCUT2D eigenvalue weighted by Crippen LogP contribution is -2.17. The molecule has 0 amide bonds. The van der Waals surface area contributed by atoms with E-state index in [0.717, 1.165) is 25.3 Å². The van der Waals surface area contributed by atoms with E-state index in [9.17, 15) is 4.79 Å². The van der Waals surface area contributed by atoms with E-state index in [2.05, 4.69) is 15.0 Å². The van der Waals surface area contributed by atoms with E-state index < -0.39 is 0 Å². The molecule has 0 radical (unpaired) electrons. The molecule has 1 heterocycles. The summed E-state index contributed by atoms with van der Waals surface area (Å²) >= 11 is 0. The zero-order chi connectivity index (χ0) is 13.4. The minimum Gasteiger partial charge on any atom is -0.464 e. The summed E-state index contributed by atoms with van der Waals surface area (Å²) in [6.45, 7) is 6.42. The van der Waals surface area contributed by atoms with Crippen molar-refractivity contribution in [3.63, 3.8) is 0 Å². The first-order chi connectivity index (χ1) is 8.63. The summed E-state index contributed by atoms with van der Waals surface area (Å²) in [5.41, 5.74) is 1.46. The van der Waals surface area contributed by atoms with E-state index in [1.807, 2.05) is 19.9 Å². The van der Waals surface area contributed by atoms with Gasteiger partial charge in [0.15, 0.2) is 0 Å². The third kappa shape index (κ3) is 5.33. The normalized spacial score (nSPS) is 10.9. The maximum atomic E-state index is 11.2. The van der Waals surface area contributed by atoms with Crippen molar-refractivity contribution >= 4 is 5.97 Å². The minimum atomic E-state index is -0.341. The van der Waals surface area contributed by atoms with Gasteiger partial charge in [-0.2, -0.15) is 0 Å². The van der Waals surface area contributed by atoms with Gasteiger partial charge in [0, 0.05) is 18.8 Å². The van der Waals surface area contributed by atoms with Gasteiger partial charge in [0.05, 0.1) is 13.2 Å². The number of hydrogen-bond acceptors (Lipinski definition) is 4. The van der Waals surface area contributed by atoms with Crippen LogP contribution in [0.3, 0.4) is 0 Å².